The number of carbonyl (C=O) groups is 1. The van der Waals surface area contributed by atoms with Crippen LogP contribution in [0, 0.1) is 5.82 Å². The Morgan fingerprint density at radius 1 is 1.21 bits per heavy atom. The van der Waals surface area contributed by atoms with Crippen LogP contribution < -0.4 is 0 Å². The van der Waals surface area contributed by atoms with Crippen LogP contribution in [-0.4, -0.2) is 40.1 Å². The van der Waals surface area contributed by atoms with Gasteiger partial charge < -0.3 is 10.0 Å². The van der Waals surface area contributed by atoms with E-state index in [0.717, 1.165) is 18.5 Å². The SMILES string of the molecule is O=C(c1ccc(Cc2ccccc2F)nc1)N1CCC[C@@H](O)CC1. The molecule has 1 amide bonds. The van der Waals surface area contributed by atoms with Gasteiger partial charge in [-0.15, -0.1) is 0 Å². The van der Waals surface area contributed by atoms with Crippen LogP contribution in [0.5, 0.6) is 0 Å². The highest BCUT2D eigenvalue weighted by Gasteiger charge is 2.20. The number of halogens is 1. The van der Waals surface area contributed by atoms with Crippen molar-refractivity contribution in [3.8, 4) is 0 Å². The van der Waals surface area contributed by atoms with Gasteiger partial charge in [-0.05, 0) is 43.0 Å². The minimum Gasteiger partial charge on any atom is -0.393 e. The normalized spacial score (nSPS) is 18.2. The molecule has 0 unspecified atom stereocenters. The second kappa shape index (κ2) is 7.53. The lowest BCUT2D eigenvalue weighted by atomic mass is 10.1. The summed E-state index contributed by atoms with van der Waals surface area (Å²) in [6.07, 6.45) is 3.81. The molecular formula is C19H21FN2O2. The molecule has 1 atom stereocenters. The number of hydrogen-bond donors (Lipinski definition) is 1. The van der Waals surface area contributed by atoms with Gasteiger partial charge >= 0.3 is 0 Å². The molecule has 2 heterocycles. The van der Waals surface area contributed by atoms with Crippen molar-refractivity contribution < 1.29 is 14.3 Å². The molecule has 0 bridgehead atoms. The molecule has 1 saturated heterocycles. The average molecular weight is 328 g/mol. The number of aliphatic hydroxyl groups excluding tert-OH is 1. The minimum absolute atomic E-state index is 0.0611. The topological polar surface area (TPSA) is 53.4 Å². The predicted molar refractivity (Wildman–Crippen MR) is 89.2 cm³/mol. The third-order valence-corrected chi connectivity index (χ3v) is 4.39. The molecule has 1 aromatic heterocycles. The second-order valence-electron chi connectivity index (χ2n) is 6.18. The lowest BCUT2D eigenvalue weighted by Crippen LogP contribution is -2.32. The first kappa shape index (κ1) is 16.6. The molecule has 1 N–H and O–H groups in total. The summed E-state index contributed by atoms with van der Waals surface area (Å²) in [7, 11) is 0. The molecule has 0 saturated carbocycles. The molecule has 4 nitrogen and oxygen atoms in total. The van der Waals surface area contributed by atoms with Crippen LogP contribution in [0.15, 0.2) is 42.6 Å². The van der Waals surface area contributed by atoms with Crippen molar-refractivity contribution in [2.24, 2.45) is 0 Å². The first-order valence-electron chi connectivity index (χ1n) is 8.29. The van der Waals surface area contributed by atoms with Gasteiger partial charge in [0.05, 0.1) is 11.7 Å². The zero-order chi connectivity index (χ0) is 16.9. The average Bonchev–Trinajstić information content (AvgIpc) is 2.82. The van der Waals surface area contributed by atoms with E-state index in [1.54, 1.807) is 41.4 Å². The number of likely N-dealkylation sites (tertiary alicyclic amines) is 1. The summed E-state index contributed by atoms with van der Waals surface area (Å²) >= 11 is 0. The van der Waals surface area contributed by atoms with E-state index in [4.69, 9.17) is 0 Å². The molecule has 1 aliphatic rings. The Balaban J connectivity index is 1.67. The van der Waals surface area contributed by atoms with Gasteiger partial charge in [0.1, 0.15) is 5.82 Å². The standard InChI is InChI=1S/C19H21FN2O2/c20-18-6-2-1-4-14(18)12-16-8-7-15(13-21-16)19(24)22-10-3-5-17(23)9-11-22/h1-2,4,6-8,13,17,23H,3,5,9-12H2/t17-/m1/s1. The highest BCUT2D eigenvalue weighted by molar-refractivity contribution is 5.93. The maximum absolute atomic E-state index is 13.7. The van der Waals surface area contributed by atoms with Gasteiger partial charge in [-0.3, -0.25) is 9.78 Å². The number of hydrogen-bond acceptors (Lipinski definition) is 3. The molecule has 5 heteroatoms. The maximum Gasteiger partial charge on any atom is 0.255 e. The Morgan fingerprint density at radius 3 is 2.79 bits per heavy atom. The Morgan fingerprint density at radius 2 is 2.04 bits per heavy atom. The number of aromatic nitrogens is 1. The van der Waals surface area contributed by atoms with Gasteiger partial charge in [-0.2, -0.15) is 0 Å². The van der Waals surface area contributed by atoms with Gasteiger partial charge in [-0.25, -0.2) is 4.39 Å². The van der Waals surface area contributed by atoms with E-state index in [2.05, 4.69) is 4.98 Å². The molecule has 2 aromatic rings. The number of benzene rings is 1. The number of pyridine rings is 1. The molecule has 1 aliphatic heterocycles. The summed E-state index contributed by atoms with van der Waals surface area (Å²) in [4.78, 5) is 18.6. The number of rotatable bonds is 3. The van der Waals surface area contributed by atoms with Crippen LogP contribution in [-0.2, 0) is 6.42 Å². The molecule has 0 aliphatic carbocycles. The highest BCUT2D eigenvalue weighted by atomic mass is 19.1. The van der Waals surface area contributed by atoms with E-state index in [-0.39, 0.29) is 17.8 Å². The molecule has 24 heavy (non-hydrogen) atoms. The van der Waals surface area contributed by atoms with E-state index in [1.165, 1.54) is 6.07 Å². The van der Waals surface area contributed by atoms with Crippen LogP contribution in [0.1, 0.15) is 40.9 Å². The monoisotopic (exact) mass is 328 g/mol. The molecular weight excluding hydrogens is 307 g/mol. The van der Waals surface area contributed by atoms with Gasteiger partial charge in [0.2, 0.25) is 0 Å². The molecule has 0 radical (unpaired) electrons. The van der Waals surface area contributed by atoms with Crippen molar-refractivity contribution >= 4 is 5.91 Å². The van der Waals surface area contributed by atoms with Crippen LogP contribution in [0.3, 0.4) is 0 Å². The molecule has 126 valence electrons. The summed E-state index contributed by atoms with van der Waals surface area (Å²) in [6.45, 7) is 1.23. The first-order chi connectivity index (χ1) is 11.6. The largest absolute Gasteiger partial charge is 0.393 e. The van der Waals surface area contributed by atoms with Crippen molar-refractivity contribution in [3.05, 3.63) is 65.2 Å². The van der Waals surface area contributed by atoms with Crippen molar-refractivity contribution in [3.63, 3.8) is 0 Å². The smallest absolute Gasteiger partial charge is 0.255 e. The number of nitrogens with zero attached hydrogens (tertiary/aromatic N) is 2. The van der Waals surface area contributed by atoms with Crippen molar-refractivity contribution in [1.82, 2.24) is 9.88 Å². The summed E-state index contributed by atoms with van der Waals surface area (Å²) in [5.74, 6) is -0.309. The van der Waals surface area contributed by atoms with Gasteiger partial charge in [-0.1, -0.05) is 18.2 Å². The van der Waals surface area contributed by atoms with Gasteiger partial charge in [0.15, 0.2) is 0 Å². The zero-order valence-corrected chi connectivity index (χ0v) is 13.5. The fourth-order valence-electron chi connectivity index (χ4n) is 2.96. The number of aliphatic hydroxyl groups is 1. The molecule has 0 spiro atoms. The third kappa shape index (κ3) is 3.97. The second-order valence-corrected chi connectivity index (χ2v) is 6.18. The Labute approximate surface area is 141 Å². The fraction of sp³-hybridized carbons (Fsp3) is 0.368. The minimum atomic E-state index is -0.316. The van der Waals surface area contributed by atoms with Crippen molar-refractivity contribution in [1.29, 1.82) is 0 Å². The quantitative estimate of drug-likeness (QED) is 0.943. The van der Waals surface area contributed by atoms with Crippen LogP contribution in [0.4, 0.5) is 4.39 Å². The Bertz CT molecular complexity index is 703. The summed E-state index contributed by atoms with van der Waals surface area (Å²) < 4.78 is 13.7. The lowest BCUT2D eigenvalue weighted by molar-refractivity contribution is 0.0752. The van der Waals surface area contributed by atoms with Crippen LogP contribution in [0.25, 0.3) is 0 Å². The highest BCUT2D eigenvalue weighted by Crippen LogP contribution is 2.15. The van der Waals surface area contributed by atoms with E-state index in [9.17, 15) is 14.3 Å². The van der Waals surface area contributed by atoms with Crippen LogP contribution in [0.2, 0.25) is 0 Å². The first-order valence-corrected chi connectivity index (χ1v) is 8.29. The van der Waals surface area contributed by atoms with Crippen LogP contribution >= 0.6 is 0 Å². The van der Waals surface area contributed by atoms with Gasteiger partial charge in [0, 0.05) is 31.4 Å². The molecule has 1 aromatic carbocycles. The number of amides is 1. The van der Waals surface area contributed by atoms with E-state index in [0.29, 0.717) is 37.1 Å². The summed E-state index contributed by atoms with van der Waals surface area (Å²) in [5.41, 5.74) is 1.84. The van der Waals surface area contributed by atoms with Crippen molar-refractivity contribution in [2.75, 3.05) is 13.1 Å². The van der Waals surface area contributed by atoms with Gasteiger partial charge in [0.25, 0.3) is 5.91 Å². The number of carbonyl (C=O) groups excluding carboxylic acids is 1. The molecule has 3 rings (SSSR count). The predicted octanol–water partition coefficient (Wildman–Crippen LogP) is 2.80. The van der Waals surface area contributed by atoms with E-state index >= 15 is 0 Å². The van der Waals surface area contributed by atoms with E-state index in [1.807, 2.05) is 0 Å². The zero-order valence-electron chi connectivity index (χ0n) is 13.5. The summed E-state index contributed by atoms with van der Waals surface area (Å²) in [6, 6.07) is 10.1. The lowest BCUT2D eigenvalue weighted by Gasteiger charge is -2.20. The maximum atomic E-state index is 13.7. The molecule has 1 fully saturated rings. The Hall–Kier alpha value is -2.27. The third-order valence-electron chi connectivity index (χ3n) is 4.39. The van der Waals surface area contributed by atoms with Crippen molar-refractivity contribution in [2.45, 2.75) is 31.8 Å². The Kier molecular flexibility index (Phi) is 5.20. The summed E-state index contributed by atoms with van der Waals surface area (Å²) in [5, 5.41) is 9.68. The fourth-order valence-corrected chi connectivity index (χ4v) is 2.96. The van der Waals surface area contributed by atoms with E-state index < -0.39 is 0 Å².